The zero-order valence-corrected chi connectivity index (χ0v) is 16.6. The average Bonchev–Trinajstić information content (AvgIpc) is 2.71. The molecular formula is C21H20N4O3S. The highest BCUT2D eigenvalue weighted by atomic mass is 32.2. The number of fused-ring (bicyclic) bond motifs is 1. The average molecular weight is 408 g/mol. The molecule has 29 heavy (non-hydrogen) atoms. The standard InChI is InChI=1S/C21H20N4O3S/c1-3-12-25-20(28)16-6-4-5-7-17(16)24-21(25)29-13(2)19(27)23-15-10-8-14(9-11-15)18(22)26/h3-11,13H,1,12H2,2H3,(H2,22,26)(H,23,27)/t13-/m1/s1. The Balaban J connectivity index is 1.82. The lowest BCUT2D eigenvalue weighted by Crippen LogP contribution is -2.26. The van der Waals surface area contributed by atoms with Gasteiger partial charge < -0.3 is 11.1 Å². The number of benzene rings is 2. The Morgan fingerprint density at radius 1 is 1.24 bits per heavy atom. The van der Waals surface area contributed by atoms with Gasteiger partial charge in [-0.1, -0.05) is 30.0 Å². The van der Waals surface area contributed by atoms with Crippen LogP contribution in [-0.2, 0) is 11.3 Å². The van der Waals surface area contributed by atoms with Gasteiger partial charge in [-0.15, -0.1) is 6.58 Å². The first-order valence-corrected chi connectivity index (χ1v) is 9.76. The van der Waals surface area contributed by atoms with Crippen LogP contribution in [0.4, 0.5) is 5.69 Å². The molecular weight excluding hydrogens is 388 g/mol. The highest BCUT2D eigenvalue weighted by Crippen LogP contribution is 2.24. The first kappa shape index (κ1) is 20.3. The Kier molecular flexibility index (Phi) is 6.13. The van der Waals surface area contributed by atoms with Crippen LogP contribution in [0.1, 0.15) is 17.3 Å². The predicted molar refractivity (Wildman–Crippen MR) is 115 cm³/mol. The Hall–Kier alpha value is -3.39. The summed E-state index contributed by atoms with van der Waals surface area (Å²) in [6, 6.07) is 13.4. The molecule has 0 aliphatic heterocycles. The number of anilines is 1. The van der Waals surface area contributed by atoms with E-state index < -0.39 is 11.2 Å². The number of primary amides is 1. The highest BCUT2D eigenvalue weighted by molar-refractivity contribution is 8.00. The van der Waals surface area contributed by atoms with Gasteiger partial charge in [-0.05, 0) is 43.3 Å². The molecule has 3 aromatic rings. The second-order valence-electron chi connectivity index (χ2n) is 6.31. The fourth-order valence-corrected chi connectivity index (χ4v) is 3.62. The number of para-hydroxylation sites is 1. The maximum Gasteiger partial charge on any atom is 0.262 e. The summed E-state index contributed by atoms with van der Waals surface area (Å²) in [5.74, 6) is -0.788. The summed E-state index contributed by atoms with van der Waals surface area (Å²) >= 11 is 1.19. The minimum absolute atomic E-state index is 0.173. The fourth-order valence-electron chi connectivity index (χ4n) is 2.70. The molecule has 3 N–H and O–H groups in total. The Labute approximate surface area is 171 Å². The van der Waals surface area contributed by atoms with Crippen LogP contribution in [0.5, 0.6) is 0 Å². The van der Waals surface area contributed by atoms with Crippen molar-refractivity contribution in [3.8, 4) is 0 Å². The smallest absolute Gasteiger partial charge is 0.262 e. The molecule has 2 amide bonds. The van der Waals surface area contributed by atoms with Crippen molar-refractivity contribution in [3.05, 3.63) is 77.1 Å². The van der Waals surface area contributed by atoms with Gasteiger partial charge in [0.05, 0.1) is 16.2 Å². The molecule has 0 bridgehead atoms. The molecule has 1 atom stereocenters. The molecule has 1 aromatic heterocycles. The minimum Gasteiger partial charge on any atom is -0.366 e. The van der Waals surface area contributed by atoms with E-state index in [9.17, 15) is 14.4 Å². The summed E-state index contributed by atoms with van der Waals surface area (Å²) in [5, 5.41) is 3.23. The number of nitrogens with zero attached hydrogens (tertiary/aromatic N) is 2. The fraction of sp³-hybridized carbons (Fsp3) is 0.143. The lowest BCUT2D eigenvalue weighted by Gasteiger charge is -2.15. The summed E-state index contributed by atoms with van der Waals surface area (Å²) in [5.41, 5.74) is 6.53. The van der Waals surface area contributed by atoms with Gasteiger partial charge in [0.25, 0.3) is 5.56 Å². The molecule has 7 nitrogen and oxygen atoms in total. The number of aromatic nitrogens is 2. The summed E-state index contributed by atoms with van der Waals surface area (Å²) in [4.78, 5) is 41.1. The molecule has 0 aliphatic rings. The van der Waals surface area contributed by atoms with Crippen molar-refractivity contribution in [1.82, 2.24) is 9.55 Å². The third-order valence-corrected chi connectivity index (χ3v) is 5.32. The molecule has 0 saturated heterocycles. The monoisotopic (exact) mass is 408 g/mol. The molecule has 0 aliphatic carbocycles. The number of allylic oxidation sites excluding steroid dienone is 1. The van der Waals surface area contributed by atoms with Crippen molar-refractivity contribution in [2.45, 2.75) is 23.9 Å². The third-order valence-electron chi connectivity index (χ3n) is 4.23. The second kappa shape index (κ2) is 8.74. The van der Waals surface area contributed by atoms with Crippen LogP contribution < -0.4 is 16.6 Å². The minimum atomic E-state index is -0.533. The molecule has 148 valence electrons. The SMILES string of the molecule is C=CCn1c(S[C@H](C)C(=O)Nc2ccc(C(N)=O)cc2)nc2ccccc2c1=O. The van der Waals surface area contributed by atoms with Crippen molar-refractivity contribution < 1.29 is 9.59 Å². The van der Waals surface area contributed by atoms with Crippen molar-refractivity contribution in [1.29, 1.82) is 0 Å². The van der Waals surface area contributed by atoms with Crippen molar-refractivity contribution in [2.75, 3.05) is 5.32 Å². The zero-order chi connectivity index (χ0) is 21.0. The van der Waals surface area contributed by atoms with E-state index in [1.54, 1.807) is 55.5 Å². The van der Waals surface area contributed by atoms with Gasteiger partial charge in [-0.2, -0.15) is 0 Å². The number of carbonyl (C=O) groups excluding carboxylic acids is 2. The quantitative estimate of drug-likeness (QED) is 0.355. The normalized spacial score (nSPS) is 11.8. The molecule has 1 heterocycles. The topological polar surface area (TPSA) is 107 Å². The molecule has 3 rings (SSSR count). The maximum atomic E-state index is 12.8. The molecule has 0 radical (unpaired) electrons. The first-order chi connectivity index (χ1) is 13.9. The van der Waals surface area contributed by atoms with Gasteiger partial charge in [-0.3, -0.25) is 19.0 Å². The van der Waals surface area contributed by atoms with Crippen LogP contribution in [-0.4, -0.2) is 26.6 Å². The van der Waals surface area contributed by atoms with E-state index in [0.29, 0.717) is 33.9 Å². The van der Waals surface area contributed by atoms with Crippen LogP contribution in [0.3, 0.4) is 0 Å². The molecule has 8 heteroatoms. The Morgan fingerprint density at radius 3 is 2.59 bits per heavy atom. The molecule has 2 aromatic carbocycles. The molecule has 0 unspecified atom stereocenters. The Bertz CT molecular complexity index is 1140. The number of nitrogens with one attached hydrogen (secondary N) is 1. The van der Waals surface area contributed by atoms with Gasteiger partial charge >= 0.3 is 0 Å². The lowest BCUT2D eigenvalue weighted by molar-refractivity contribution is -0.115. The van der Waals surface area contributed by atoms with E-state index in [2.05, 4.69) is 16.9 Å². The van der Waals surface area contributed by atoms with Crippen LogP contribution in [0.25, 0.3) is 10.9 Å². The number of hydrogen-bond acceptors (Lipinski definition) is 5. The predicted octanol–water partition coefficient (Wildman–Crippen LogP) is 2.80. The second-order valence-corrected chi connectivity index (χ2v) is 7.61. The van der Waals surface area contributed by atoms with Crippen LogP contribution in [0.15, 0.2) is 71.1 Å². The van der Waals surface area contributed by atoms with Gasteiger partial charge in [0.1, 0.15) is 0 Å². The van der Waals surface area contributed by atoms with E-state index in [0.717, 1.165) is 0 Å². The largest absolute Gasteiger partial charge is 0.366 e. The van der Waals surface area contributed by atoms with E-state index in [-0.39, 0.29) is 11.5 Å². The summed E-state index contributed by atoms with van der Waals surface area (Å²) in [7, 11) is 0. The number of rotatable bonds is 7. The van der Waals surface area contributed by atoms with Crippen molar-refractivity contribution in [3.63, 3.8) is 0 Å². The molecule has 0 spiro atoms. The van der Waals surface area contributed by atoms with E-state index in [1.165, 1.54) is 16.3 Å². The van der Waals surface area contributed by atoms with Gasteiger partial charge in [0.15, 0.2) is 5.16 Å². The van der Waals surface area contributed by atoms with Crippen LogP contribution in [0, 0.1) is 0 Å². The van der Waals surface area contributed by atoms with Gasteiger partial charge in [-0.25, -0.2) is 4.98 Å². The van der Waals surface area contributed by atoms with Gasteiger partial charge in [0, 0.05) is 17.8 Å². The van der Waals surface area contributed by atoms with Crippen LogP contribution >= 0.6 is 11.8 Å². The van der Waals surface area contributed by atoms with E-state index in [1.807, 2.05) is 6.07 Å². The Morgan fingerprint density at radius 2 is 1.93 bits per heavy atom. The lowest BCUT2D eigenvalue weighted by atomic mass is 10.2. The number of nitrogens with two attached hydrogens (primary N) is 1. The number of carbonyl (C=O) groups is 2. The van der Waals surface area contributed by atoms with E-state index in [4.69, 9.17) is 5.73 Å². The van der Waals surface area contributed by atoms with Crippen LogP contribution in [0.2, 0.25) is 0 Å². The summed E-state index contributed by atoms with van der Waals surface area (Å²) in [6.07, 6.45) is 1.62. The van der Waals surface area contributed by atoms with Crippen molar-refractivity contribution >= 4 is 40.2 Å². The number of thioether (sulfide) groups is 1. The van der Waals surface area contributed by atoms with Crippen molar-refractivity contribution in [2.24, 2.45) is 5.73 Å². The first-order valence-electron chi connectivity index (χ1n) is 8.88. The number of amides is 2. The molecule has 0 saturated carbocycles. The maximum absolute atomic E-state index is 12.8. The highest BCUT2D eigenvalue weighted by Gasteiger charge is 2.19. The summed E-state index contributed by atoms with van der Waals surface area (Å²) < 4.78 is 1.51. The van der Waals surface area contributed by atoms with Gasteiger partial charge in [0.2, 0.25) is 11.8 Å². The number of hydrogen-bond donors (Lipinski definition) is 2. The third kappa shape index (κ3) is 4.55. The van der Waals surface area contributed by atoms with E-state index >= 15 is 0 Å². The molecule has 0 fully saturated rings. The zero-order valence-electron chi connectivity index (χ0n) is 15.8. The summed E-state index contributed by atoms with van der Waals surface area (Å²) in [6.45, 7) is 5.73.